The summed E-state index contributed by atoms with van der Waals surface area (Å²) < 4.78 is 25.3. The van der Waals surface area contributed by atoms with Gasteiger partial charge in [-0.2, -0.15) is 0 Å². The van der Waals surface area contributed by atoms with E-state index in [1.54, 1.807) is 13.2 Å². The summed E-state index contributed by atoms with van der Waals surface area (Å²) in [5.41, 5.74) is 1.03. The molecule has 1 heterocycles. The van der Waals surface area contributed by atoms with Crippen molar-refractivity contribution in [2.75, 3.05) is 26.9 Å². The van der Waals surface area contributed by atoms with Gasteiger partial charge in [0, 0.05) is 30.8 Å². The highest BCUT2D eigenvalue weighted by atomic mass is 19.1. The second kappa shape index (κ2) is 5.80. The largest absolute Gasteiger partial charge is 0.382 e. The molecule has 17 heavy (non-hydrogen) atoms. The Morgan fingerprint density at radius 1 is 1.18 bits per heavy atom. The van der Waals surface area contributed by atoms with E-state index in [1.807, 2.05) is 12.3 Å². The summed E-state index contributed by atoms with van der Waals surface area (Å²) in [7, 11) is 1.65. The molecule has 1 aromatic heterocycles. The minimum atomic E-state index is -0.202. The predicted molar refractivity (Wildman–Crippen MR) is 64.6 cm³/mol. The van der Waals surface area contributed by atoms with Gasteiger partial charge in [-0.3, -0.25) is 0 Å². The van der Waals surface area contributed by atoms with Gasteiger partial charge in [0.15, 0.2) is 0 Å². The molecule has 4 heteroatoms. The van der Waals surface area contributed by atoms with E-state index in [0.717, 1.165) is 17.4 Å². The predicted octanol–water partition coefficient (Wildman–Crippen LogP) is 2.44. The van der Waals surface area contributed by atoms with Crippen LogP contribution in [0.15, 0.2) is 30.5 Å². The normalized spacial score (nSPS) is 11.2. The third kappa shape index (κ3) is 3.05. The van der Waals surface area contributed by atoms with Crippen molar-refractivity contribution in [3.05, 3.63) is 36.3 Å². The molecule has 2 aromatic rings. The number of fused-ring (bicyclic) bond motifs is 1. The summed E-state index contributed by atoms with van der Waals surface area (Å²) in [5.74, 6) is -0.202. The minimum absolute atomic E-state index is 0.202. The Morgan fingerprint density at radius 2 is 2.06 bits per heavy atom. The number of hydrogen-bond donors (Lipinski definition) is 0. The van der Waals surface area contributed by atoms with Crippen molar-refractivity contribution in [2.45, 2.75) is 6.54 Å². The Balaban J connectivity index is 1.95. The molecule has 0 fully saturated rings. The first-order valence-electron chi connectivity index (χ1n) is 5.62. The first kappa shape index (κ1) is 12.1. The van der Waals surface area contributed by atoms with Crippen LogP contribution in [0.1, 0.15) is 0 Å². The maximum atomic E-state index is 13.0. The molecule has 0 N–H and O–H groups in total. The summed E-state index contributed by atoms with van der Waals surface area (Å²) in [6, 6.07) is 6.72. The van der Waals surface area contributed by atoms with E-state index in [1.165, 1.54) is 12.1 Å². The first-order valence-corrected chi connectivity index (χ1v) is 5.62. The van der Waals surface area contributed by atoms with Crippen LogP contribution in [0.4, 0.5) is 4.39 Å². The van der Waals surface area contributed by atoms with Crippen molar-refractivity contribution < 1.29 is 13.9 Å². The molecule has 0 aliphatic carbocycles. The number of ether oxygens (including phenoxy) is 2. The summed E-state index contributed by atoms with van der Waals surface area (Å²) in [4.78, 5) is 0. The van der Waals surface area contributed by atoms with Crippen LogP contribution in [0, 0.1) is 5.82 Å². The van der Waals surface area contributed by atoms with Gasteiger partial charge in [0.05, 0.1) is 19.8 Å². The standard InChI is InChI=1S/C13H16FNO2/c1-16-8-9-17-7-6-15-5-4-11-10-12(14)2-3-13(11)15/h2-5,10H,6-9H2,1H3. The van der Waals surface area contributed by atoms with Gasteiger partial charge in [-0.05, 0) is 24.3 Å². The highest BCUT2D eigenvalue weighted by Gasteiger charge is 2.01. The van der Waals surface area contributed by atoms with Gasteiger partial charge < -0.3 is 14.0 Å². The first-order chi connectivity index (χ1) is 8.31. The molecule has 0 bridgehead atoms. The molecule has 2 rings (SSSR count). The number of nitrogens with zero attached hydrogens (tertiary/aromatic N) is 1. The fraction of sp³-hybridized carbons (Fsp3) is 0.385. The number of hydrogen-bond acceptors (Lipinski definition) is 2. The highest BCUT2D eigenvalue weighted by molar-refractivity contribution is 5.80. The van der Waals surface area contributed by atoms with Gasteiger partial charge in [0.1, 0.15) is 5.82 Å². The molecule has 92 valence electrons. The zero-order valence-electron chi connectivity index (χ0n) is 9.86. The van der Waals surface area contributed by atoms with E-state index in [9.17, 15) is 4.39 Å². The molecule has 1 aromatic carbocycles. The molecule has 0 unspecified atom stereocenters. The van der Waals surface area contributed by atoms with Crippen LogP contribution in [-0.2, 0) is 16.0 Å². The average molecular weight is 237 g/mol. The minimum Gasteiger partial charge on any atom is -0.382 e. The summed E-state index contributed by atoms with van der Waals surface area (Å²) in [5, 5.41) is 0.918. The van der Waals surface area contributed by atoms with Crippen molar-refractivity contribution in [1.82, 2.24) is 4.57 Å². The summed E-state index contributed by atoms with van der Waals surface area (Å²) >= 11 is 0. The Hall–Kier alpha value is -1.39. The second-order valence-electron chi connectivity index (χ2n) is 3.82. The number of halogens is 1. The smallest absolute Gasteiger partial charge is 0.123 e. The van der Waals surface area contributed by atoms with Gasteiger partial charge in [0.2, 0.25) is 0 Å². The molecule has 0 aliphatic rings. The van der Waals surface area contributed by atoms with Crippen LogP contribution in [0.2, 0.25) is 0 Å². The van der Waals surface area contributed by atoms with Crippen LogP contribution >= 0.6 is 0 Å². The molecule has 3 nitrogen and oxygen atoms in total. The number of methoxy groups -OCH3 is 1. The van der Waals surface area contributed by atoms with Crippen molar-refractivity contribution in [2.24, 2.45) is 0 Å². The van der Waals surface area contributed by atoms with E-state index in [-0.39, 0.29) is 5.82 Å². The van der Waals surface area contributed by atoms with Gasteiger partial charge in [0.25, 0.3) is 0 Å². The summed E-state index contributed by atoms with van der Waals surface area (Å²) in [6.45, 7) is 2.60. The molecular weight excluding hydrogens is 221 g/mol. The molecular formula is C13H16FNO2. The number of benzene rings is 1. The lowest BCUT2D eigenvalue weighted by Gasteiger charge is -2.06. The zero-order chi connectivity index (χ0) is 12.1. The van der Waals surface area contributed by atoms with Crippen LogP contribution in [0.5, 0.6) is 0 Å². The number of rotatable bonds is 6. The Morgan fingerprint density at radius 3 is 2.88 bits per heavy atom. The van der Waals surface area contributed by atoms with Crippen LogP contribution in [-0.4, -0.2) is 31.5 Å². The summed E-state index contributed by atoms with van der Waals surface area (Å²) in [6.07, 6.45) is 1.95. The molecule has 0 spiro atoms. The molecule has 0 amide bonds. The lowest BCUT2D eigenvalue weighted by atomic mass is 10.2. The highest BCUT2D eigenvalue weighted by Crippen LogP contribution is 2.16. The van der Waals surface area contributed by atoms with Gasteiger partial charge >= 0.3 is 0 Å². The molecule has 0 saturated carbocycles. The fourth-order valence-electron chi connectivity index (χ4n) is 1.77. The van der Waals surface area contributed by atoms with Crippen LogP contribution in [0.25, 0.3) is 10.9 Å². The Labute approximate surface area is 99.7 Å². The molecule has 0 radical (unpaired) electrons. The monoisotopic (exact) mass is 237 g/mol. The third-order valence-corrected chi connectivity index (χ3v) is 2.64. The topological polar surface area (TPSA) is 23.4 Å². The lowest BCUT2D eigenvalue weighted by Crippen LogP contribution is -2.08. The fourth-order valence-corrected chi connectivity index (χ4v) is 1.77. The van der Waals surface area contributed by atoms with Crippen LogP contribution in [0.3, 0.4) is 0 Å². The van der Waals surface area contributed by atoms with E-state index in [2.05, 4.69) is 4.57 Å². The van der Waals surface area contributed by atoms with Gasteiger partial charge in [-0.15, -0.1) is 0 Å². The Bertz CT molecular complexity index is 481. The SMILES string of the molecule is COCCOCCn1ccc2cc(F)ccc21. The van der Waals surface area contributed by atoms with Crippen molar-refractivity contribution in [3.8, 4) is 0 Å². The molecule has 0 aliphatic heterocycles. The Kier molecular flexibility index (Phi) is 4.12. The van der Waals surface area contributed by atoms with Gasteiger partial charge in [-0.1, -0.05) is 0 Å². The lowest BCUT2D eigenvalue weighted by molar-refractivity contribution is 0.0670. The average Bonchev–Trinajstić information content (AvgIpc) is 2.71. The zero-order valence-corrected chi connectivity index (χ0v) is 9.86. The maximum Gasteiger partial charge on any atom is 0.123 e. The van der Waals surface area contributed by atoms with Crippen LogP contribution < -0.4 is 0 Å². The number of aromatic nitrogens is 1. The third-order valence-electron chi connectivity index (χ3n) is 2.64. The van der Waals surface area contributed by atoms with Crippen molar-refractivity contribution >= 4 is 10.9 Å². The van der Waals surface area contributed by atoms with E-state index < -0.39 is 0 Å². The second-order valence-corrected chi connectivity index (χ2v) is 3.82. The van der Waals surface area contributed by atoms with Crippen molar-refractivity contribution in [1.29, 1.82) is 0 Å². The molecule has 0 saturated heterocycles. The van der Waals surface area contributed by atoms with Crippen molar-refractivity contribution in [3.63, 3.8) is 0 Å². The van der Waals surface area contributed by atoms with E-state index in [0.29, 0.717) is 19.8 Å². The quantitative estimate of drug-likeness (QED) is 0.720. The van der Waals surface area contributed by atoms with E-state index >= 15 is 0 Å². The van der Waals surface area contributed by atoms with Gasteiger partial charge in [-0.25, -0.2) is 4.39 Å². The van der Waals surface area contributed by atoms with E-state index in [4.69, 9.17) is 9.47 Å². The maximum absolute atomic E-state index is 13.0. The molecule has 0 atom stereocenters.